The summed E-state index contributed by atoms with van der Waals surface area (Å²) < 4.78 is 0. The van der Waals surface area contributed by atoms with E-state index in [4.69, 9.17) is 34.8 Å². The van der Waals surface area contributed by atoms with E-state index in [1.165, 1.54) is 11.8 Å². The van der Waals surface area contributed by atoms with Crippen LogP contribution in [0.3, 0.4) is 0 Å². The maximum absolute atomic E-state index is 12.0. The fourth-order valence-corrected chi connectivity index (χ4v) is 3.25. The molecule has 0 unspecified atom stereocenters. The third kappa shape index (κ3) is 5.12. The van der Waals surface area contributed by atoms with Crippen molar-refractivity contribution in [3.63, 3.8) is 0 Å². The molecule has 0 saturated carbocycles. The van der Waals surface area contributed by atoms with Gasteiger partial charge in [-0.1, -0.05) is 46.6 Å². The van der Waals surface area contributed by atoms with Crippen molar-refractivity contribution in [1.29, 1.82) is 0 Å². The number of aromatic amines is 1. The van der Waals surface area contributed by atoms with Gasteiger partial charge in [0.15, 0.2) is 5.82 Å². The molecule has 5 nitrogen and oxygen atoms in total. The van der Waals surface area contributed by atoms with Crippen molar-refractivity contribution < 1.29 is 4.79 Å². The largest absolute Gasteiger partial charge is 0.325 e. The molecule has 3 aromatic rings. The van der Waals surface area contributed by atoms with Crippen LogP contribution in [0.2, 0.25) is 15.1 Å². The summed E-state index contributed by atoms with van der Waals surface area (Å²) in [6.07, 6.45) is 0. The average molecular weight is 414 g/mol. The summed E-state index contributed by atoms with van der Waals surface area (Å²) >= 11 is 18.9. The van der Waals surface area contributed by atoms with Crippen molar-refractivity contribution in [1.82, 2.24) is 15.2 Å². The van der Waals surface area contributed by atoms with E-state index in [-0.39, 0.29) is 11.7 Å². The van der Waals surface area contributed by atoms with Gasteiger partial charge in [0.25, 0.3) is 0 Å². The highest BCUT2D eigenvalue weighted by atomic mass is 35.5. The van der Waals surface area contributed by atoms with Crippen LogP contribution in [-0.2, 0) is 4.79 Å². The molecule has 0 aliphatic heterocycles. The van der Waals surface area contributed by atoms with E-state index in [9.17, 15) is 4.79 Å². The highest BCUT2D eigenvalue weighted by molar-refractivity contribution is 7.99. The molecule has 0 spiro atoms. The monoisotopic (exact) mass is 412 g/mol. The molecule has 0 atom stereocenters. The zero-order valence-corrected chi connectivity index (χ0v) is 15.7. The summed E-state index contributed by atoms with van der Waals surface area (Å²) in [5, 5.41) is 11.7. The van der Waals surface area contributed by atoms with E-state index >= 15 is 0 Å². The van der Waals surface area contributed by atoms with E-state index in [0.29, 0.717) is 31.7 Å². The van der Waals surface area contributed by atoms with Gasteiger partial charge in [-0.05, 0) is 42.5 Å². The zero-order chi connectivity index (χ0) is 17.8. The Hall–Kier alpha value is -1.73. The summed E-state index contributed by atoms with van der Waals surface area (Å²) in [5.41, 5.74) is 1.40. The Morgan fingerprint density at radius 2 is 1.72 bits per heavy atom. The van der Waals surface area contributed by atoms with Gasteiger partial charge in [0.1, 0.15) is 0 Å². The van der Waals surface area contributed by atoms with E-state index in [1.54, 1.807) is 30.3 Å². The van der Waals surface area contributed by atoms with Crippen LogP contribution >= 0.6 is 46.6 Å². The highest BCUT2D eigenvalue weighted by Crippen LogP contribution is 2.24. The van der Waals surface area contributed by atoms with Crippen LogP contribution in [-0.4, -0.2) is 26.8 Å². The second-order valence-corrected chi connectivity index (χ2v) is 7.22. The Morgan fingerprint density at radius 1 is 1.04 bits per heavy atom. The number of carbonyl (C=O) groups is 1. The molecule has 0 aliphatic carbocycles. The minimum Gasteiger partial charge on any atom is -0.325 e. The second-order valence-electron chi connectivity index (χ2n) is 4.97. The van der Waals surface area contributed by atoms with Gasteiger partial charge in [-0.3, -0.25) is 9.89 Å². The van der Waals surface area contributed by atoms with Crippen LogP contribution in [0, 0.1) is 0 Å². The number of amides is 1. The van der Waals surface area contributed by atoms with Crippen molar-refractivity contribution in [2.24, 2.45) is 0 Å². The summed E-state index contributed by atoms with van der Waals surface area (Å²) in [4.78, 5) is 16.4. The van der Waals surface area contributed by atoms with Crippen molar-refractivity contribution in [3.05, 3.63) is 57.5 Å². The number of nitrogens with one attached hydrogen (secondary N) is 2. The van der Waals surface area contributed by atoms with Crippen molar-refractivity contribution in [3.8, 4) is 11.4 Å². The normalized spacial score (nSPS) is 10.7. The predicted molar refractivity (Wildman–Crippen MR) is 103 cm³/mol. The molecule has 1 amide bonds. The Morgan fingerprint density at radius 3 is 2.40 bits per heavy atom. The van der Waals surface area contributed by atoms with Crippen molar-refractivity contribution in [2.75, 3.05) is 11.1 Å². The van der Waals surface area contributed by atoms with Gasteiger partial charge in [-0.2, -0.15) is 0 Å². The number of aromatic nitrogens is 3. The number of nitrogens with zero attached hydrogens (tertiary/aromatic N) is 2. The second kappa shape index (κ2) is 8.10. The molecule has 25 heavy (non-hydrogen) atoms. The Balaban J connectivity index is 1.58. The van der Waals surface area contributed by atoms with Crippen molar-refractivity contribution in [2.45, 2.75) is 5.16 Å². The molecule has 9 heteroatoms. The molecular formula is C16H11Cl3N4OS. The lowest BCUT2D eigenvalue weighted by atomic mass is 10.2. The smallest absolute Gasteiger partial charge is 0.234 e. The topological polar surface area (TPSA) is 70.7 Å². The van der Waals surface area contributed by atoms with E-state index in [1.807, 2.05) is 12.1 Å². The maximum atomic E-state index is 12.0. The van der Waals surface area contributed by atoms with Crippen LogP contribution in [0.5, 0.6) is 0 Å². The maximum Gasteiger partial charge on any atom is 0.234 e. The first-order valence-electron chi connectivity index (χ1n) is 7.07. The van der Waals surface area contributed by atoms with Gasteiger partial charge in [0.2, 0.25) is 11.1 Å². The Labute approximate surface area is 163 Å². The minimum absolute atomic E-state index is 0.155. The fourth-order valence-electron chi connectivity index (χ4n) is 2.00. The number of halogens is 3. The number of anilines is 1. The molecule has 1 aromatic heterocycles. The van der Waals surface area contributed by atoms with E-state index < -0.39 is 0 Å². The molecule has 0 bridgehead atoms. The molecule has 0 fully saturated rings. The van der Waals surface area contributed by atoms with Gasteiger partial charge < -0.3 is 5.32 Å². The van der Waals surface area contributed by atoms with Crippen LogP contribution in [0.4, 0.5) is 5.69 Å². The van der Waals surface area contributed by atoms with Crippen LogP contribution < -0.4 is 5.32 Å². The fraction of sp³-hybridized carbons (Fsp3) is 0.0625. The molecule has 2 aromatic carbocycles. The molecule has 1 heterocycles. The number of rotatable bonds is 5. The number of H-pyrrole nitrogens is 1. The molecule has 3 rings (SSSR count). The number of benzene rings is 2. The number of carbonyl (C=O) groups excluding carboxylic acids is 1. The zero-order valence-electron chi connectivity index (χ0n) is 12.6. The highest BCUT2D eigenvalue weighted by Gasteiger charge is 2.10. The Kier molecular flexibility index (Phi) is 5.86. The van der Waals surface area contributed by atoms with Gasteiger partial charge in [0.05, 0.1) is 5.75 Å². The number of thioether (sulfide) groups is 1. The summed E-state index contributed by atoms with van der Waals surface area (Å²) in [7, 11) is 0. The van der Waals surface area contributed by atoms with Crippen molar-refractivity contribution >= 4 is 58.2 Å². The lowest BCUT2D eigenvalue weighted by Gasteiger charge is -2.05. The van der Waals surface area contributed by atoms with E-state index in [2.05, 4.69) is 20.5 Å². The average Bonchev–Trinajstić information content (AvgIpc) is 3.01. The minimum atomic E-state index is -0.207. The molecule has 2 N–H and O–H groups in total. The van der Waals surface area contributed by atoms with E-state index in [0.717, 1.165) is 5.56 Å². The van der Waals surface area contributed by atoms with Gasteiger partial charge >= 0.3 is 0 Å². The summed E-state index contributed by atoms with van der Waals surface area (Å²) in [6, 6.07) is 12.1. The third-order valence-electron chi connectivity index (χ3n) is 3.06. The molecular weight excluding hydrogens is 403 g/mol. The molecule has 0 aliphatic rings. The quantitative estimate of drug-likeness (QED) is 0.567. The van der Waals surface area contributed by atoms with Gasteiger partial charge in [-0.25, -0.2) is 4.98 Å². The lowest BCUT2D eigenvalue weighted by molar-refractivity contribution is -0.113. The van der Waals surface area contributed by atoms with Crippen LogP contribution in [0.1, 0.15) is 0 Å². The SMILES string of the molecule is O=C(CSc1n[nH]c(-c2ccc(Cl)cc2)n1)Nc1cc(Cl)cc(Cl)c1. The van der Waals surface area contributed by atoms with Crippen LogP contribution in [0.25, 0.3) is 11.4 Å². The van der Waals surface area contributed by atoms with Crippen LogP contribution in [0.15, 0.2) is 47.6 Å². The third-order valence-corrected chi connectivity index (χ3v) is 4.60. The number of hydrogen-bond donors (Lipinski definition) is 2. The molecule has 128 valence electrons. The van der Waals surface area contributed by atoms with Gasteiger partial charge in [-0.15, -0.1) is 5.10 Å². The standard InChI is InChI=1S/C16H11Cl3N4OS/c17-10-3-1-9(2-4-10)15-21-16(23-22-15)25-8-14(24)20-13-6-11(18)5-12(19)7-13/h1-7H,8H2,(H,20,24)(H,21,22,23). The Bertz CT molecular complexity index is 878. The molecule has 0 saturated heterocycles. The summed E-state index contributed by atoms with van der Waals surface area (Å²) in [5.74, 6) is 0.560. The molecule has 0 radical (unpaired) electrons. The first-order valence-corrected chi connectivity index (χ1v) is 9.18. The van der Waals surface area contributed by atoms with Gasteiger partial charge in [0, 0.05) is 26.3 Å². The summed E-state index contributed by atoms with van der Waals surface area (Å²) in [6.45, 7) is 0. The first kappa shape index (κ1) is 18.1. The lowest BCUT2D eigenvalue weighted by Crippen LogP contribution is -2.14. The first-order chi connectivity index (χ1) is 12.0. The number of hydrogen-bond acceptors (Lipinski definition) is 4. The predicted octanol–water partition coefficient (Wildman–Crippen LogP) is 5.16.